The van der Waals surface area contributed by atoms with Crippen LogP contribution in [0.5, 0.6) is 5.75 Å². The number of fused-ring (bicyclic) bond motifs is 3. The first-order chi connectivity index (χ1) is 10.4. The molecule has 0 fully saturated rings. The Bertz CT molecular complexity index is 786. The van der Waals surface area contributed by atoms with E-state index in [0.717, 1.165) is 24.0 Å². The van der Waals surface area contributed by atoms with Gasteiger partial charge in [-0.25, -0.2) is 0 Å². The predicted octanol–water partition coefficient (Wildman–Crippen LogP) is 5.54. The maximum atomic E-state index is 10.9. The number of aryl methyl sites for hydroxylation is 1. The van der Waals surface area contributed by atoms with Gasteiger partial charge in [0.25, 0.3) is 0 Å². The monoisotopic (exact) mass is 294 g/mol. The van der Waals surface area contributed by atoms with Crippen LogP contribution in [0.25, 0.3) is 21.2 Å². The van der Waals surface area contributed by atoms with Crippen molar-refractivity contribution in [2.75, 3.05) is 0 Å². The second-order valence-corrected chi connectivity index (χ2v) is 6.69. The molecule has 0 saturated carbocycles. The molecule has 1 aliphatic carbocycles. The fourth-order valence-corrected chi connectivity index (χ4v) is 4.50. The molecule has 0 radical (unpaired) electrons. The Balaban J connectivity index is 2.08. The lowest BCUT2D eigenvalue weighted by Crippen LogP contribution is -1.95. The molecule has 0 amide bonds. The van der Waals surface area contributed by atoms with Crippen LogP contribution in [0, 0.1) is 0 Å². The first-order valence-electron chi connectivity index (χ1n) is 7.65. The predicted molar refractivity (Wildman–Crippen MR) is 90.2 cm³/mol. The number of aromatic hydroxyl groups is 1. The summed E-state index contributed by atoms with van der Waals surface area (Å²) in [5.74, 6) is 0.521. The smallest absolute Gasteiger partial charge is 0.128 e. The van der Waals surface area contributed by atoms with Crippen LogP contribution >= 0.6 is 11.3 Å². The van der Waals surface area contributed by atoms with E-state index in [2.05, 4.69) is 23.6 Å². The van der Waals surface area contributed by atoms with E-state index >= 15 is 0 Å². The summed E-state index contributed by atoms with van der Waals surface area (Å²) in [7, 11) is 0. The first kappa shape index (κ1) is 12.9. The molecule has 0 aliphatic heterocycles. The average Bonchev–Trinajstić information content (AvgIpc) is 2.85. The van der Waals surface area contributed by atoms with Crippen LogP contribution in [-0.4, -0.2) is 5.11 Å². The first-order valence-corrected chi connectivity index (χ1v) is 8.53. The van der Waals surface area contributed by atoms with Gasteiger partial charge < -0.3 is 5.11 Å². The lowest BCUT2D eigenvalue weighted by Gasteiger charge is -2.15. The SMILES string of the molecule is Oc1c2c(c3ccsc3c1-c1ccccc1)CCCCC2. The Morgan fingerprint density at radius 3 is 2.43 bits per heavy atom. The Morgan fingerprint density at radius 2 is 1.62 bits per heavy atom. The third-order valence-corrected chi connectivity index (χ3v) is 5.45. The van der Waals surface area contributed by atoms with Crippen molar-refractivity contribution < 1.29 is 5.11 Å². The van der Waals surface area contributed by atoms with Gasteiger partial charge in [-0.1, -0.05) is 36.8 Å². The number of phenols is 1. The lowest BCUT2D eigenvalue weighted by molar-refractivity contribution is 0.470. The van der Waals surface area contributed by atoms with Gasteiger partial charge in [0.15, 0.2) is 0 Å². The molecule has 1 aliphatic rings. The van der Waals surface area contributed by atoms with Gasteiger partial charge in [0, 0.05) is 10.3 Å². The lowest BCUT2D eigenvalue weighted by atomic mass is 9.92. The maximum absolute atomic E-state index is 10.9. The number of hydrogen-bond acceptors (Lipinski definition) is 2. The molecule has 0 spiro atoms. The summed E-state index contributed by atoms with van der Waals surface area (Å²) >= 11 is 1.74. The highest BCUT2D eigenvalue weighted by atomic mass is 32.1. The highest BCUT2D eigenvalue weighted by Crippen LogP contribution is 2.45. The third kappa shape index (κ3) is 2.06. The molecule has 21 heavy (non-hydrogen) atoms. The van der Waals surface area contributed by atoms with Gasteiger partial charge in [0.2, 0.25) is 0 Å². The Labute approximate surface area is 128 Å². The van der Waals surface area contributed by atoms with Crippen LogP contribution in [0.15, 0.2) is 41.8 Å². The van der Waals surface area contributed by atoms with Gasteiger partial charge >= 0.3 is 0 Å². The van der Waals surface area contributed by atoms with Crippen LogP contribution in [-0.2, 0) is 12.8 Å². The van der Waals surface area contributed by atoms with Crippen LogP contribution in [0.1, 0.15) is 30.4 Å². The van der Waals surface area contributed by atoms with Crippen LogP contribution in [0.4, 0.5) is 0 Å². The van der Waals surface area contributed by atoms with Crippen molar-refractivity contribution in [2.24, 2.45) is 0 Å². The van der Waals surface area contributed by atoms with Gasteiger partial charge in [-0.3, -0.25) is 0 Å². The molecule has 1 heterocycles. The molecule has 1 N–H and O–H groups in total. The van der Waals surface area contributed by atoms with Gasteiger partial charge in [0.1, 0.15) is 5.75 Å². The molecule has 1 aromatic heterocycles. The Kier molecular flexibility index (Phi) is 3.19. The van der Waals surface area contributed by atoms with Crippen LogP contribution < -0.4 is 0 Å². The van der Waals surface area contributed by atoms with Crippen LogP contribution in [0.2, 0.25) is 0 Å². The topological polar surface area (TPSA) is 20.2 Å². The largest absolute Gasteiger partial charge is 0.507 e. The standard InChI is InChI=1S/C19H18OS/c20-18-15-10-6-2-5-9-14(15)16-11-12-21-19(16)17(18)13-7-3-1-4-8-13/h1,3-4,7-8,11-12,20H,2,5-6,9-10H2. The van der Waals surface area contributed by atoms with Crippen molar-refractivity contribution in [1.82, 2.24) is 0 Å². The van der Waals surface area contributed by atoms with Gasteiger partial charge in [-0.2, -0.15) is 0 Å². The van der Waals surface area contributed by atoms with E-state index in [1.165, 1.54) is 40.5 Å². The fraction of sp³-hybridized carbons (Fsp3) is 0.263. The molecule has 0 atom stereocenters. The van der Waals surface area contributed by atoms with E-state index in [1.807, 2.05) is 18.2 Å². The molecule has 106 valence electrons. The third-order valence-electron chi connectivity index (χ3n) is 4.52. The van der Waals surface area contributed by atoms with Crippen molar-refractivity contribution >= 4 is 21.4 Å². The molecule has 0 unspecified atom stereocenters. The Morgan fingerprint density at radius 1 is 0.857 bits per heavy atom. The van der Waals surface area contributed by atoms with Crippen molar-refractivity contribution in [1.29, 1.82) is 0 Å². The fourth-order valence-electron chi connectivity index (χ4n) is 3.51. The average molecular weight is 294 g/mol. The zero-order chi connectivity index (χ0) is 14.2. The molecule has 3 aromatic rings. The summed E-state index contributed by atoms with van der Waals surface area (Å²) in [6.45, 7) is 0. The summed E-state index contributed by atoms with van der Waals surface area (Å²) in [6.07, 6.45) is 5.80. The zero-order valence-corrected chi connectivity index (χ0v) is 12.7. The Hall–Kier alpha value is -1.80. The molecule has 4 rings (SSSR count). The van der Waals surface area contributed by atoms with Crippen molar-refractivity contribution in [2.45, 2.75) is 32.1 Å². The molecule has 2 aromatic carbocycles. The number of rotatable bonds is 1. The minimum absolute atomic E-state index is 0.521. The van der Waals surface area contributed by atoms with Crippen molar-refractivity contribution in [3.05, 3.63) is 52.9 Å². The summed E-state index contributed by atoms with van der Waals surface area (Å²) < 4.78 is 1.24. The summed E-state index contributed by atoms with van der Waals surface area (Å²) in [5.41, 5.74) is 4.73. The number of hydrogen-bond donors (Lipinski definition) is 1. The maximum Gasteiger partial charge on any atom is 0.128 e. The molecule has 1 nitrogen and oxygen atoms in total. The number of phenolic OH excluding ortho intramolecular Hbond substituents is 1. The molecular weight excluding hydrogens is 276 g/mol. The van der Waals surface area contributed by atoms with Gasteiger partial charge in [-0.15, -0.1) is 11.3 Å². The molecular formula is C19H18OS. The van der Waals surface area contributed by atoms with E-state index in [-0.39, 0.29) is 0 Å². The van der Waals surface area contributed by atoms with E-state index in [4.69, 9.17) is 0 Å². The summed E-state index contributed by atoms with van der Waals surface area (Å²) in [4.78, 5) is 0. The normalized spacial score (nSPS) is 14.9. The minimum atomic E-state index is 0.521. The second kappa shape index (κ2) is 5.19. The molecule has 0 saturated heterocycles. The van der Waals surface area contributed by atoms with Crippen molar-refractivity contribution in [3.8, 4) is 16.9 Å². The van der Waals surface area contributed by atoms with Crippen LogP contribution in [0.3, 0.4) is 0 Å². The highest BCUT2D eigenvalue weighted by molar-refractivity contribution is 7.17. The molecule has 0 bridgehead atoms. The second-order valence-electron chi connectivity index (χ2n) is 5.77. The quantitative estimate of drug-likeness (QED) is 0.584. The molecule has 2 heteroatoms. The van der Waals surface area contributed by atoms with Gasteiger partial charge in [0.05, 0.1) is 0 Å². The van der Waals surface area contributed by atoms with E-state index in [0.29, 0.717) is 5.75 Å². The zero-order valence-electron chi connectivity index (χ0n) is 11.9. The number of benzene rings is 2. The van der Waals surface area contributed by atoms with E-state index in [9.17, 15) is 5.11 Å². The van der Waals surface area contributed by atoms with E-state index < -0.39 is 0 Å². The minimum Gasteiger partial charge on any atom is -0.507 e. The highest BCUT2D eigenvalue weighted by Gasteiger charge is 2.21. The van der Waals surface area contributed by atoms with Crippen molar-refractivity contribution in [3.63, 3.8) is 0 Å². The summed E-state index contributed by atoms with van der Waals surface area (Å²) in [5, 5.41) is 14.4. The van der Waals surface area contributed by atoms with E-state index in [1.54, 1.807) is 11.3 Å². The van der Waals surface area contributed by atoms with Gasteiger partial charge in [-0.05, 0) is 59.2 Å². The number of thiophene rings is 1. The summed E-state index contributed by atoms with van der Waals surface area (Å²) in [6, 6.07) is 12.5.